The number of Topliss-reactive ketones (excluding diaryl/α,β-unsaturated/α-hetero) is 1. The number of ketones is 1. The average molecular weight is 427 g/mol. The van der Waals surface area contributed by atoms with E-state index in [9.17, 15) is 43.6 Å². The fourth-order valence-electron chi connectivity index (χ4n) is 3.73. The Morgan fingerprint density at radius 3 is 1.88 bits per heavy atom. The van der Waals surface area contributed by atoms with E-state index < -0.39 is 42.5 Å². The van der Waals surface area contributed by atoms with E-state index in [0.29, 0.717) is 12.8 Å². The molecule has 152 valence electrons. The van der Waals surface area contributed by atoms with Crippen LogP contribution in [-0.2, 0) is 24.8 Å². The van der Waals surface area contributed by atoms with Gasteiger partial charge in [0.05, 0.1) is 0 Å². The van der Waals surface area contributed by atoms with Crippen molar-refractivity contribution in [3.8, 4) is 0 Å². The molecule has 3 unspecified atom stereocenters. The van der Waals surface area contributed by atoms with Crippen molar-refractivity contribution in [2.75, 3.05) is 0 Å². The van der Waals surface area contributed by atoms with E-state index in [0.717, 1.165) is 19.3 Å². The first-order valence-electron chi connectivity index (χ1n) is 7.95. The van der Waals surface area contributed by atoms with Gasteiger partial charge in [-0.15, -0.1) is 0 Å². The third-order valence-corrected chi connectivity index (χ3v) is 8.30. The smallest absolute Gasteiger partial charge is 0.291 e. The summed E-state index contributed by atoms with van der Waals surface area (Å²) in [4.78, 5) is 12.0. The quantitative estimate of drug-likeness (QED) is 0.680. The summed E-state index contributed by atoms with van der Waals surface area (Å²) >= 11 is 0. The van der Waals surface area contributed by atoms with Crippen molar-refractivity contribution < 1.29 is 43.6 Å². The summed E-state index contributed by atoms with van der Waals surface area (Å²) in [5, 5.41) is -5.28. The van der Waals surface area contributed by atoms with E-state index in [1.165, 1.54) is 0 Å². The summed E-state index contributed by atoms with van der Waals surface area (Å²) in [5.41, 5.74) is -6.11. The first-order valence-corrected chi connectivity index (χ1v) is 10.9. The van der Waals surface area contributed by atoms with Crippen LogP contribution in [0.15, 0.2) is 0 Å². The number of carbonyl (C=O) groups excluding carboxylic acids is 1. The summed E-state index contributed by atoms with van der Waals surface area (Å²) in [5.74, 6) is -3.15. The van der Waals surface area contributed by atoms with Gasteiger partial charge in [-0.1, -0.05) is 29.8 Å². The Labute approximate surface area is 147 Å². The minimum atomic E-state index is -6.59. The molecule has 0 aromatic heterocycles. The summed E-state index contributed by atoms with van der Waals surface area (Å²) in [6.07, 6.45) is 3.94. The van der Waals surface area contributed by atoms with Crippen LogP contribution in [-0.4, -0.2) is 33.4 Å². The lowest BCUT2D eigenvalue weighted by atomic mass is 9.67. The van der Waals surface area contributed by atoms with Gasteiger partial charge in [0.2, 0.25) is 5.78 Å². The number of halogens is 5. The van der Waals surface area contributed by atoms with Crippen molar-refractivity contribution in [1.29, 1.82) is 0 Å². The normalized spacial score (nSPS) is 28.4. The number of hydrogen-bond acceptors (Lipinski definition) is 5. The summed E-state index contributed by atoms with van der Waals surface area (Å²) in [7, 11) is -13.0. The molecule has 2 aliphatic rings. The van der Waals surface area contributed by atoms with Gasteiger partial charge in [-0.25, -0.2) is 16.8 Å². The molecule has 6 nitrogen and oxygen atoms in total. The molecule has 2 rings (SSSR count). The minimum absolute atomic E-state index is 0.00285. The van der Waals surface area contributed by atoms with Crippen LogP contribution in [0.4, 0.5) is 22.0 Å². The zero-order valence-electron chi connectivity index (χ0n) is 13.4. The maximum absolute atomic E-state index is 14.1. The van der Waals surface area contributed by atoms with Gasteiger partial charge in [-0.05, 0) is 31.1 Å². The predicted octanol–water partition coefficient (Wildman–Crippen LogP) is 2.52. The molecule has 1 N–H and O–H groups in total. The zero-order chi connectivity index (χ0) is 20.0. The van der Waals surface area contributed by atoms with E-state index in [1.807, 2.05) is 0 Å². The molecule has 3 atom stereocenters. The van der Waals surface area contributed by atoms with Crippen molar-refractivity contribution in [1.82, 2.24) is 4.13 Å². The SMILES string of the molecule is O=C(C1CCC2CCCCC2C1)C(F)(F)S(=O)(=O)NS(=O)(=O)C(F)(F)F. The van der Waals surface area contributed by atoms with Crippen LogP contribution >= 0.6 is 0 Å². The third kappa shape index (κ3) is 4.03. The molecular weight excluding hydrogens is 409 g/mol. The standard InChI is InChI=1S/C13H18F5NO5S2/c14-12(15,25(21,22)19-26(23,24)13(16,17)18)11(20)10-6-5-8-3-1-2-4-9(8)7-10/h8-10,19H,1-7H2. The Morgan fingerprint density at radius 2 is 1.35 bits per heavy atom. The van der Waals surface area contributed by atoms with Gasteiger partial charge in [-0.2, -0.15) is 22.0 Å². The van der Waals surface area contributed by atoms with Crippen LogP contribution in [0.5, 0.6) is 0 Å². The van der Waals surface area contributed by atoms with Gasteiger partial charge in [0.1, 0.15) is 0 Å². The second kappa shape index (κ2) is 6.97. The van der Waals surface area contributed by atoms with Crippen LogP contribution in [0.2, 0.25) is 0 Å². The average Bonchev–Trinajstić information content (AvgIpc) is 2.51. The first-order chi connectivity index (χ1) is 11.7. The molecule has 2 fully saturated rings. The Morgan fingerprint density at radius 1 is 0.808 bits per heavy atom. The second-order valence-electron chi connectivity index (χ2n) is 6.73. The molecule has 26 heavy (non-hydrogen) atoms. The van der Waals surface area contributed by atoms with Crippen molar-refractivity contribution in [2.24, 2.45) is 17.8 Å². The molecule has 2 aliphatic carbocycles. The van der Waals surface area contributed by atoms with Crippen LogP contribution in [0.3, 0.4) is 0 Å². The Bertz CT molecular complexity index is 762. The summed E-state index contributed by atoms with van der Waals surface area (Å²) < 4.78 is 110. The van der Waals surface area contributed by atoms with Gasteiger partial charge in [0.25, 0.3) is 10.0 Å². The molecular formula is C13H18F5NO5S2. The number of alkyl halides is 5. The molecule has 0 radical (unpaired) electrons. The van der Waals surface area contributed by atoms with E-state index in [2.05, 4.69) is 0 Å². The molecule has 2 saturated carbocycles. The lowest BCUT2D eigenvalue weighted by Crippen LogP contribution is -2.52. The van der Waals surface area contributed by atoms with Crippen LogP contribution in [0.25, 0.3) is 0 Å². The van der Waals surface area contributed by atoms with Gasteiger partial charge >= 0.3 is 20.8 Å². The Hall–Kier alpha value is -0.820. The van der Waals surface area contributed by atoms with Crippen LogP contribution in [0.1, 0.15) is 44.9 Å². The van der Waals surface area contributed by atoms with Crippen molar-refractivity contribution in [3.05, 3.63) is 0 Å². The number of sulfonamides is 2. The molecule has 0 heterocycles. The van der Waals surface area contributed by atoms with E-state index in [1.54, 1.807) is 0 Å². The first kappa shape index (κ1) is 21.5. The highest BCUT2D eigenvalue weighted by molar-refractivity contribution is 8.05. The second-order valence-corrected chi connectivity index (χ2v) is 10.4. The maximum Gasteiger partial charge on any atom is 0.512 e. The number of nitrogens with one attached hydrogen (secondary N) is 1. The molecule has 0 aliphatic heterocycles. The number of rotatable bonds is 5. The van der Waals surface area contributed by atoms with Gasteiger partial charge < -0.3 is 0 Å². The topological polar surface area (TPSA) is 97.4 Å². The Kier molecular flexibility index (Phi) is 5.76. The maximum atomic E-state index is 14.1. The molecule has 0 aromatic rings. The highest BCUT2D eigenvalue weighted by Crippen LogP contribution is 2.44. The van der Waals surface area contributed by atoms with E-state index >= 15 is 0 Å². The number of carbonyl (C=O) groups is 1. The van der Waals surface area contributed by atoms with Gasteiger partial charge in [0, 0.05) is 5.92 Å². The molecule has 13 heteroatoms. The highest BCUT2D eigenvalue weighted by atomic mass is 32.3. The van der Waals surface area contributed by atoms with E-state index in [-0.39, 0.29) is 28.8 Å². The lowest BCUT2D eigenvalue weighted by molar-refractivity contribution is -0.140. The summed E-state index contributed by atoms with van der Waals surface area (Å²) in [6, 6.07) is 0. The molecule has 0 amide bonds. The van der Waals surface area contributed by atoms with Gasteiger partial charge in [-0.3, -0.25) is 4.79 Å². The Balaban J connectivity index is 2.18. The minimum Gasteiger partial charge on any atom is -0.291 e. The molecule has 0 saturated heterocycles. The van der Waals surface area contributed by atoms with Crippen molar-refractivity contribution >= 4 is 25.8 Å². The fraction of sp³-hybridized carbons (Fsp3) is 0.923. The lowest BCUT2D eigenvalue weighted by Gasteiger charge is -2.39. The van der Waals surface area contributed by atoms with Crippen LogP contribution < -0.4 is 4.13 Å². The van der Waals surface area contributed by atoms with Crippen molar-refractivity contribution in [3.63, 3.8) is 0 Å². The number of hydrogen-bond donors (Lipinski definition) is 1. The van der Waals surface area contributed by atoms with Gasteiger partial charge in [0.15, 0.2) is 0 Å². The largest absolute Gasteiger partial charge is 0.512 e. The molecule has 0 aromatic carbocycles. The fourth-order valence-corrected chi connectivity index (χ4v) is 6.11. The molecule has 0 spiro atoms. The highest BCUT2D eigenvalue weighted by Gasteiger charge is 2.60. The number of fused-ring (bicyclic) bond motifs is 1. The van der Waals surface area contributed by atoms with Crippen LogP contribution in [0, 0.1) is 17.8 Å². The third-order valence-electron chi connectivity index (χ3n) is 5.06. The van der Waals surface area contributed by atoms with Crippen molar-refractivity contribution in [2.45, 2.75) is 55.7 Å². The molecule has 0 bridgehead atoms. The predicted molar refractivity (Wildman–Crippen MR) is 79.8 cm³/mol. The monoisotopic (exact) mass is 427 g/mol. The zero-order valence-corrected chi connectivity index (χ0v) is 15.1. The summed E-state index contributed by atoms with van der Waals surface area (Å²) in [6.45, 7) is 0. The van der Waals surface area contributed by atoms with E-state index in [4.69, 9.17) is 0 Å².